The summed E-state index contributed by atoms with van der Waals surface area (Å²) in [4.78, 5) is 11.3. The molecule has 0 aliphatic carbocycles. The van der Waals surface area contributed by atoms with Gasteiger partial charge >= 0.3 is 0 Å². The Hall–Kier alpha value is -1.42. The minimum Gasteiger partial charge on any atom is -0.372 e. The van der Waals surface area contributed by atoms with E-state index in [2.05, 4.69) is 5.32 Å². The number of carbonyl (C=O) groups excluding carboxylic acids is 1. The Bertz CT molecular complexity index is 355. The SMILES string of the molecule is COC(C)C(=O)NCCc1ccccc1F. The summed E-state index contributed by atoms with van der Waals surface area (Å²) >= 11 is 0. The van der Waals surface area contributed by atoms with E-state index in [9.17, 15) is 9.18 Å². The quantitative estimate of drug-likeness (QED) is 0.825. The molecule has 0 bridgehead atoms. The summed E-state index contributed by atoms with van der Waals surface area (Å²) in [7, 11) is 1.47. The van der Waals surface area contributed by atoms with Crippen LogP contribution in [0, 0.1) is 5.82 Å². The van der Waals surface area contributed by atoms with E-state index in [1.54, 1.807) is 25.1 Å². The highest BCUT2D eigenvalue weighted by molar-refractivity contribution is 5.80. The van der Waals surface area contributed by atoms with E-state index in [0.717, 1.165) is 0 Å². The predicted octanol–water partition coefficient (Wildman–Crippen LogP) is 1.52. The number of methoxy groups -OCH3 is 1. The molecule has 4 heteroatoms. The van der Waals surface area contributed by atoms with Gasteiger partial charge in [-0.3, -0.25) is 4.79 Å². The number of rotatable bonds is 5. The summed E-state index contributed by atoms with van der Waals surface area (Å²) in [6.45, 7) is 2.08. The number of benzene rings is 1. The maximum Gasteiger partial charge on any atom is 0.248 e. The second-order valence-corrected chi connectivity index (χ2v) is 3.51. The van der Waals surface area contributed by atoms with E-state index in [0.29, 0.717) is 18.5 Å². The lowest BCUT2D eigenvalue weighted by Crippen LogP contribution is -2.35. The molecule has 3 nitrogen and oxygen atoms in total. The van der Waals surface area contributed by atoms with Gasteiger partial charge in [-0.1, -0.05) is 18.2 Å². The number of nitrogens with one attached hydrogen (secondary N) is 1. The van der Waals surface area contributed by atoms with E-state index < -0.39 is 6.10 Å². The second-order valence-electron chi connectivity index (χ2n) is 3.51. The smallest absolute Gasteiger partial charge is 0.248 e. The van der Waals surface area contributed by atoms with Crippen molar-refractivity contribution in [2.45, 2.75) is 19.4 Å². The molecule has 1 aromatic carbocycles. The van der Waals surface area contributed by atoms with Crippen molar-refractivity contribution in [3.63, 3.8) is 0 Å². The lowest BCUT2D eigenvalue weighted by atomic mass is 10.1. The van der Waals surface area contributed by atoms with Crippen LogP contribution in [-0.4, -0.2) is 25.7 Å². The Morgan fingerprint density at radius 3 is 2.81 bits per heavy atom. The zero-order chi connectivity index (χ0) is 12.0. The van der Waals surface area contributed by atoms with Gasteiger partial charge in [-0.2, -0.15) is 0 Å². The fraction of sp³-hybridized carbons (Fsp3) is 0.417. The molecule has 0 radical (unpaired) electrons. The minimum atomic E-state index is -0.472. The molecule has 1 atom stereocenters. The molecular formula is C12H16FNO2. The van der Waals surface area contributed by atoms with E-state index >= 15 is 0 Å². The molecule has 1 amide bonds. The molecule has 16 heavy (non-hydrogen) atoms. The van der Waals surface area contributed by atoms with Crippen molar-refractivity contribution in [1.29, 1.82) is 0 Å². The number of hydrogen-bond acceptors (Lipinski definition) is 2. The van der Waals surface area contributed by atoms with Crippen LogP contribution in [0.5, 0.6) is 0 Å². The summed E-state index contributed by atoms with van der Waals surface area (Å²) in [5.74, 6) is -0.421. The number of amides is 1. The van der Waals surface area contributed by atoms with Gasteiger partial charge < -0.3 is 10.1 Å². The first-order chi connectivity index (χ1) is 7.65. The average Bonchev–Trinajstić information content (AvgIpc) is 2.30. The van der Waals surface area contributed by atoms with E-state index in [4.69, 9.17) is 4.74 Å². The molecule has 1 rings (SSSR count). The standard InChI is InChI=1S/C12H16FNO2/c1-9(16-2)12(15)14-8-7-10-5-3-4-6-11(10)13/h3-6,9H,7-8H2,1-2H3,(H,14,15). The molecule has 0 saturated carbocycles. The summed E-state index contributed by atoms with van der Waals surface area (Å²) in [6.07, 6.45) is 0.00935. The van der Waals surface area contributed by atoms with Gasteiger partial charge in [0, 0.05) is 13.7 Å². The molecule has 1 aromatic rings. The summed E-state index contributed by atoms with van der Waals surface area (Å²) in [5, 5.41) is 2.68. The van der Waals surface area contributed by atoms with Gasteiger partial charge in [0.2, 0.25) is 5.91 Å². The number of halogens is 1. The number of ether oxygens (including phenoxy) is 1. The minimum absolute atomic E-state index is 0.182. The first-order valence-corrected chi connectivity index (χ1v) is 5.19. The normalized spacial score (nSPS) is 12.2. The van der Waals surface area contributed by atoms with Crippen molar-refractivity contribution in [1.82, 2.24) is 5.32 Å². The van der Waals surface area contributed by atoms with Crippen molar-refractivity contribution in [2.24, 2.45) is 0 Å². The Kier molecular flexibility index (Phi) is 4.92. The van der Waals surface area contributed by atoms with Crippen molar-refractivity contribution < 1.29 is 13.9 Å². The van der Waals surface area contributed by atoms with Crippen molar-refractivity contribution in [2.75, 3.05) is 13.7 Å². The topological polar surface area (TPSA) is 38.3 Å². The average molecular weight is 225 g/mol. The predicted molar refractivity (Wildman–Crippen MR) is 59.6 cm³/mol. The van der Waals surface area contributed by atoms with Crippen LogP contribution in [0.1, 0.15) is 12.5 Å². The number of hydrogen-bond donors (Lipinski definition) is 1. The lowest BCUT2D eigenvalue weighted by Gasteiger charge is -2.10. The third kappa shape index (κ3) is 3.62. The molecule has 1 N–H and O–H groups in total. The van der Waals surface area contributed by atoms with Crippen molar-refractivity contribution in [3.05, 3.63) is 35.6 Å². The Morgan fingerprint density at radius 1 is 1.50 bits per heavy atom. The zero-order valence-corrected chi connectivity index (χ0v) is 9.50. The van der Waals surface area contributed by atoms with Gasteiger partial charge in [-0.25, -0.2) is 4.39 Å². The molecule has 0 aromatic heterocycles. The maximum atomic E-state index is 13.2. The van der Waals surface area contributed by atoms with Crippen LogP contribution in [-0.2, 0) is 16.0 Å². The lowest BCUT2D eigenvalue weighted by molar-refractivity contribution is -0.129. The highest BCUT2D eigenvalue weighted by Crippen LogP contribution is 2.06. The van der Waals surface area contributed by atoms with Gasteiger partial charge in [-0.15, -0.1) is 0 Å². The monoisotopic (exact) mass is 225 g/mol. The maximum absolute atomic E-state index is 13.2. The molecule has 88 valence electrons. The van der Waals surface area contributed by atoms with E-state index in [1.807, 2.05) is 0 Å². The number of carbonyl (C=O) groups is 1. The largest absolute Gasteiger partial charge is 0.372 e. The summed E-state index contributed by atoms with van der Waals surface area (Å²) in [6, 6.07) is 6.54. The van der Waals surface area contributed by atoms with Gasteiger partial charge in [0.15, 0.2) is 0 Å². The summed E-state index contributed by atoms with van der Waals surface area (Å²) < 4.78 is 18.1. The molecule has 0 fully saturated rings. The fourth-order valence-corrected chi connectivity index (χ4v) is 1.27. The van der Waals surface area contributed by atoms with E-state index in [1.165, 1.54) is 13.2 Å². The van der Waals surface area contributed by atoms with Crippen LogP contribution in [0.4, 0.5) is 4.39 Å². The third-order valence-corrected chi connectivity index (χ3v) is 2.37. The van der Waals surface area contributed by atoms with Gasteiger partial charge in [-0.05, 0) is 25.0 Å². The molecule has 0 saturated heterocycles. The second kappa shape index (κ2) is 6.23. The molecule has 0 heterocycles. The first-order valence-electron chi connectivity index (χ1n) is 5.19. The van der Waals surface area contributed by atoms with Crippen LogP contribution in [0.15, 0.2) is 24.3 Å². The molecule has 0 aliphatic rings. The van der Waals surface area contributed by atoms with Crippen LogP contribution < -0.4 is 5.32 Å². The van der Waals surface area contributed by atoms with Crippen LogP contribution in [0.2, 0.25) is 0 Å². The van der Waals surface area contributed by atoms with Crippen LogP contribution in [0.25, 0.3) is 0 Å². The molecule has 1 unspecified atom stereocenters. The Balaban J connectivity index is 2.36. The fourth-order valence-electron chi connectivity index (χ4n) is 1.27. The van der Waals surface area contributed by atoms with Gasteiger partial charge in [0.05, 0.1) is 0 Å². The molecule has 0 aliphatic heterocycles. The zero-order valence-electron chi connectivity index (χ0n) is 9.50. The van der Waals surface area contributed by atoms with Gasteiger partial charge in [0.25, 0.3) is 0 Å². The highest BCUT2D eigenvalue weighted by atomic mass is 19.1. The Morgan fingerprint density at radius 2 is 2.19 bits per heavy atom. The third-order valence-electron chi connectivity index (χ3n) is 2.37. The van der Waals surface area contributed by atoms with E-state index in [-0.39, 0.29) is 11.7 Å². The summed E-state index contributed by atoms with van der Waals surface area (Å²) in [5.41, 5.74) is 0.605. The first kappa shape index (κ1) is 12.6. The van der Waals surface area contributed by atoms with Crippen molar-refractivity contribution in [3.8, 4) is 0 Å². The van der Waals surface area contributed by atoms with Gasteiger partial charge in [0.1, 0.15) is 11.9 Å². The molecular weight excluding hydrogens is 209 g/mol. The van der Waals surface area contributed by atoms with Crippen molar-refractivity contribution >= 4 is 5.91 Å². The van der Waals surface area contributed by atoms with Crippen LogP contribution in [0.3, 0.4) is 0 Å². The van der Waals surface area contributed by atoms with Crippen LogP contribution >= 0.6 is 0 Å². The highest BCUT2D eigenvalue weighted by Gasteiger charge is 2.10. The molecule has 0 spiro atoms. The Labute approximate surface area is 94.6 Å².